The molecule has 0 aliphatic heterocycles. The number of rotatable bonds is 5. The lowest BCUT2D eigenvalue weighted by atomic mass is 10.2. The van der Waals surface area contributed by atoms with E-state index in [0.717, 1.165) is 0 Å². The van der Waals surface area contributed by atoms with Gasteiger partial charge in [-0.2, -0.15) is 0 Å². The van der Waals surface area contributed by atoms with E-state index < -0.39 is 0 Å². The minimum atomic E-state index is -0.367. The van der Waals surface area contributed by atoms with E-state index in [2.05, 4.69) is 15.3 Å². The molecule has 1 aromatic carbocycles. The Morgan fingerprint density at radius 1 is 1.42 bits per heavy atom. The summed E-state index contributed by atoms with van der Waals surface area (Å²) in [5, 5.41) is 3.02. The molecule has 19 heavy (non-hydrogen) atoms. The van der Waals surface area contributed by atoms with Gasteiger partial charge in [0.05, 0.1) is 24.5 Å². The first-order chi connectivity index (χ1) is 9.24. The third kappa shape index (κ3) is 3.17. The Balaban J connectivity index is 2.23. The summed E-state index contributed by atoms with van der Waals surface area (Å²) in [5.41, 5.74) is 6.73. The Morgan fingerprint density at radius 2 is 2.26 bits per heavy atom. The van der Waals surface area contributed by atoms with Gasteiger partial charge in [-0.25, -0.2) is 14.4 Å². The highest BCUT2D eigenvalue weighted by atomic mass is 19.1. The lowest BCUT2D eigenvalue weighted by molar-refractivity contribution is 0.414. The summed E-state index contributed by atoms with van der Waals surface area (Å²) in [7, 11) is 1.53. The number of anilines is 1. The molecular formula is C13H15FN4O. The number of aromatic nitrogens is 2. The van der Waals surface area contributed by atoms with Crippen molar-refractivity contribution in [2.45, 2.75) is 6.04 Å². The highest BCUT2D eigenvalue weighted by Crippen LogP contribution is 2.24. The van der Waals surface area contributed by atoms with E-state index >= 15 is 0 Å². The number of ether oxygens (including phenoxy) is 1. The Kier molecular flexibility index (Phi) is 4.25. The molecule has 6 heteroatoms. The molecule has 5 nitrogen and oxygen atoms in total. The number of hydrogen-bond donors (Lipinski definition) is 2. The van der Waals surface area contributed by atoms with Gasteiger partial charge >= 0.3 is 0 Å². The number of nitrogens with zero attached hydrogens (tertiary/aromatic N) is 2. The number of nitrogens with one attached hydrogen (secondary N) is 1. The average Bonchev–Trinajstić information content (AvgIpc) is 2.47. The second kappa shape index (κ2) is 6.10. The third-order valence-corrected chi connectivity index (χ3v) is 2.70. The van der Waals surface area contributed by atoms with Gasteiger partial charge in [-0.15, -0.1) is 0 Å². The molecule has 0 saturated heterocycles. The topological polar surface area (TPSA) is 73.1 Å². The first-order valence-electron chi connectivity index (χ1n) is 5.80. The van der Waals surface area contributed by atoms with E-state index in [0.29, 0.717) is 17.1 Å². The molecule has 0 aliphatic carbocycles. The van der Waals surface area contributed by atoms with Gasteiger partial charge in [0, 0.05) is 18.8 Å². The lowest BCUT2D eigenvalue weighted by Crippen LogP contribution is -2.22. The van der Waals surface area contributed by atoms with Crippen LogP contribution in [0.15, 0.2) is 36.8 Å². The van der Waals surface area contributed by atoms with Gasteiger partial charge in [0.25, 0.3) is 0 Å². The third-order valence-electron chi connectivity index (χ3n) is 2.70. The van der Waals surface area contributed by atoms with E-state index in [1.165, 1.54) is 19.5 Å². The Hall–Kier alpha value is -2.21. The molecule has 1 unspecified atom stereocenters. The van der Waals surface area contributed by atoms with Crippen LogP contribution in [0.1, 0.15) is 11.7 Å². The van der Waals surface area contributed by atoms with Crippen LogP contribution in [0.4, 0.5) is 10.1 Å². The van der Waals surface area contributed by atoms with Crippen molar-refractivity contribution in [2.24, 2.45) is 5.73 Å². The SMILES string of the molecule is COc1ccc(F)c(NC(CN)c2ccncn2)c1. The van der Waals surface area contributed by atoms with Crippen molar-refractivity contribution in [1.29, 1.82) is 0 Å². The van der Waals surface area contributed by atoms with Crippen LogP contribution in [0.3, 0.4) is 0 Å². The second-order valence-electron chi connectivity index (χ2n) is 3.91. The van der Waals surface area contributed by atoms with Crippen LogP contribution in [0, 0.1) is 5.82 Å². The van der Waals surface area contributed by atoms with Crippen LogP contribution < -0.4 is 15.8 Å². The molecule has 1 heterocycles. The zero-order chi connectivity index (χ0) is 13.7. The van der Waals surface area contributed by atoms with Crippen molar-refractivity contribution < 1.29 is 9.13 Å². The maximum atomic E-state index is 13.7. The summed E-state index contributed by atoms with van der Waals surface area (Å²) in [6, 6.07) is 5.93. The summed E-state index contributed by atoms with van der Waals surface area (Å²) >= 11 is 0. The van der Waals surface area contributed by atoms with Crippen molar-refractivity contribution in [2.75, 3.05) is 19.0 Å². The molecule has 0 radical (unpaired) electrons. The number of benzene rings is 1. The Bertz CT molecular complexity index is 535. The summed E-state index contributed by atoms with van der Waals surface area (Å²) in [4.78, 5) is 7.95. The van der Waals surface area contributed by atoms with Crippen molar-refractivity contribution in [3.8, 4) is 5.75 Å². The fourth-order valence-electron chi connectivity index (χ4n) is 1.69. The fraction of sp³-hybridized carbons (Fsp3) is 0.231. The largest absolute Gasteiger partial charge is 0.497 e. The number of hydrogen-bond acceptors (Lipinski definition) is 5. The molecule has 0 spiro atoms. The quantitative estimate of drug-likeness (QED) is 0.858. The molecule has 3 N–H and O–H groups in total. The van der Waals surface area contributed by atoms with Crippen LogP contribution in [0.2, 0.25) is 0 Å². The van der Waals surface area contributed by atoms with Gasteiger partial charge in [0.1, 0.15) is 17.9 Å². The fourth-order valence-corrected chi connectivity index (χ4v) is 1.69. The van der Waals surface area contributed by atoms with Gasteiger partial charge in [-0.3, -0.25) is 0 Å². The molecule has 0 amide bonds. The monoisotopic (exact) mass is 262 g/mol. The summed E-state index contributed by atoms with van der Waals surface area (Å²) in [5.74, 6) is 0.204. The zero-order valence-electron chi connectivity index (χ0n) is 10.5. The van der Waals surface area contributed by atoms with Gasteiger partial charge < -0.3 is 15.8 Å². The predicted octanol–water partition coefficient (Wildman–Crippen LogP) is 1.74. The minimum Gasteiger partial charge on any atom is -0.497 e. The van der Waals surface area contributed by atoms with Crippen LogP contribution in [0.5, 0.6) is 5.75 Å². The molecular weight excluding hydrogens is 247 g/mol. The van der Waals surface area contributed by atoms with E-state index in [1.807, 2.05) is 0 Å². The normalized spacial score (nSPS) is 11.9. The van der Waals surface area contributed by atoms with Crippen LogP contribution >= 0.6 is 0 Å². The predicted molar refractivity (Wildman–Crippen MR) is 70.4 cm³/mol. The van der Waals surface area contributed by atoms with E-state index in [9.17, 15) is 4.39 Å². The molecule has 0 fully saturated rings. The highest BCUT2D eigenvalue weighted by Gasteiger charge is 2.13. The smallest absolute Gasteiger partial charge is 0.146 e. The number of nitrogens with two attached hydrogens (primary N) is 1. The molecule has 100 valence electrons. The van der Waals surface area contributed by atoms with Gasteiger partial charge in [-0.05, 0) is 18.2 Å². The molecule has 1 aromatic heterocycles. The van der Waals surface area contributed by atoms with Crippen LogP contribution in [0.25, 0.3) is 0 Å². The van der Waals surface area contributed by atoms with Crippen molar-refractivity contribution >= 4 is 5.69 Å². The summed E-state index contributed by atoms with van der Waals surface area (Å²) in [6.07, 6.45) is 3.05. The molecule has 1 atom stereocenters. The second-order valence-corrected chi connectivity index (χ2v) is 3.91. The molecule has 0 aliphatic rings. The first kappa shape index (κ1) is 13.2. The molecule has 0 bridgehead atoms. The van der Waals surface area contributed by atoms with E-state index in [1.54, 1.807) is 24.4 Å². The summed E-state index contributed by atoms with van der Waals surface area (Å²) < 4.78 is 18.8. The standard InChI is InChI=1S/C13H15FN4O/c1-19-9-2-3-10(14)12(6-9)18-13(7-15)11-4-5-16-8-17-11/h2-6,8,13,18H,7,15H2,1H3. The maximum Gasteiger partial charge on any atom is 0.146 e. The van der Waals surface area contributed by atoms with Gasteiger partial charge in [0.2, 0.25) is 0 Å². The zero-order valence-corrected chi connectivity index (χ0v) is 10.5. The van der Waals surface area contributed by atoms with E-state index in [4.69, 9.17) is 10.5 Å². The minimum absolute atomic E-state index is 0.285. The van der Waals surface area contributed by atoms with Crippen LogP contribution in [-0.4, -0.2) is 23.6 Å². The van der Waals surface area contributed by atoms with Crippen molar-refractivity contribution in [3.63, 3.8) is 0 Å². The van der Waals surface area contributed by atoms with E-state index in [-0.39, 0.29) is 18.4 Å². The van der Waals surface area contributed by atoms with Crippen molar-refractivity contribution in [1.82, 2.24) is 9.97 Å². The molecule has 2 rings (SSSR count). The summed E-state index contributed by atoms with van der Waals surface area (Å²) in [6.45, 7) is 0.285. The first-order valence-corrected chi connectivity index (χ1v) is 5.80. The number of methoxy groups -OCH3 is 1. The van der Waals surface area contributed by atoms with Crippen LogP contribution in [-0.2, 0) is 0 Å². The lowest BCUT2D eigenvalue weighted by Gasteiger charge is -2.18. The van der Waals surface area contributed by atoms with Gasteiger partial charge in [0.15, 0.2) is 0 Å². The molecule has 0 saturated carbocycles. The van der Waals surface area contributed by atoms with Crippen molar-refractivity contribution in [3.05, 3.63) is 48.3 Å². The highest BCUT2D eigenvalue weighted by molar-refractivity contribution is 5.51. The Morgan fingerprint density at radius 3 is 2.89 bits per heavy atom. The Labute approximate surface area is 110 Å². The van der Waals surface area contributed by atoms with Gasteiger partial charge in [-0.1, -0.05) is 0 Å². The number of halogens is 1. The molecule has 2 aromatic rings. The maximum absolute atomic E-state index is 13.7. The average molecular weight is 262 g/mol.